The molecule has 1 aromatic heterocycles. The number of carbonyl (C=O) groups is 2. The smallest absolute Gasteiger partial charge is 0.267 e. The Morgan fingerprint density at radius 3 is 2.59 bits per heavy atom. The molecular formula is C25H28N4O2S. The van der Waals surface area contributed by atoms with Gasteiger partial charge in [0.1, 0.15) is 4.88 Å². The van der Waals surface area contributed by atoms with E-state index in [1.807, 2.05) is 47.9 Å². The minimum absolute atomic E-state index is 0.0642. The van der Waals surface area contributed by atoms with E-state index in [0.29, 0.717) is 43.9 Å². The van der Waals surface area contributed by atoms with Gasteiger partial charge in [0.15, 0.2) is 0 Å². The van der Waals surface area contributed by atoms with Crippen molar-refractivity contribution in [1.82, 2.24) is 19.4 Å². The molecule has 1 aliphatic heterocycles. The summed E-state index contributed by atoms with van der Waals surface area (Å²) in [6.07, 6.45) is 1.27. The maximum Gasteiger partial charge on any atom is 0.267 e. The molecule has 1 atom stereocenters. The molecule has 0 saturated carbocycles. The number of likely N-dealkylation sites (N-methyl/N-ethyl adjacent to an activating group) is 1. The third-order valence-electron chi connectivity index (χ3n) is 6.01. The number of nitrogens with zero attached hydrogens (tertiary/aromatic N) is 4. The molecule has 3 aromatic rings. The minimum Gasteiger partial charge on any atom is -0.341 e. The molecule has 0 unspecified atom stereocenters. The molecule has 7 heteroatoms. The molecule has 0 bridgehead atoms. The van der Waals surface area contributed by atoms with Crippen LogP contribution in [0.5, 0.6) is 0 Å². The molecule has 2 heterocycles. The normalized spacial score (nSPS) is 16.8. The molecule has 2 aromatic carbocycles. The van der Waals surface area contributed by atoms with Gasteiger partial charge in [0.2, 0.25) is 5.91 Å². The standard InChI is InChI=1S/C25H28N4O2S/c1-3-22-23(32-27-26-22)25(31)29-14-13-28(4-2)24(30)21(17-29)16-18-9-8-12-20(15-18)19-10-6-5-7-11-19/h5-12,15,21H,3-4,13-14,16-17H2,1-2H3/t21-/m1/s1. The van der Waals surface area contributed by atoms with E-state index in [1.165, 1.54) is 0 Å². The van der Waals surface area contributed by atoms with Crippen molar-refractivity contribution in [3.05, 3.63) is 70.7 Å². The van der Waals surface area contributed by atoms with Crippen molar-refractivity contribution in [2.24, 2.45) is 5.92 Å². The molecule has 0 radical (unpaired) electrons. The summed E-state index contributed by atoms with van der Waals surface area (Å²) >= 11 is 1.14. The first-order valence-corrected chi connectivity index (χ1v) is 11.9. The van der Waals surface area contributed by atoms with Gasteiger partial charge in [-0.15, -0.1) is 5.10 Å². The van der Waals surface area contributed by atoms with Gasteiger partial charge in [0.25, 0.3) is 5.91 Å². The van der Waals surface area contributed by atoms with E-state index in [2.05, 4.69) is 39.9 Å². The molecule has 6 nitrogen and oxygen atoms in total. The van der Waals surface area contributed by atoms with Crippen LogP contribution in [0.1, 0.15) is 34.8 Å². The summed E-state index contributed by atoms with van der Waals surface area (Å²) < 4.78 is 3.97. The van der Waals surface area contributed by atoms with E-state index in [0.717, 1.165) is 33.9 Å². The number of hydrogen-bond acceptors (Lipinski definition) is 5. The SMILES string of the molecule is CCc1nnsc1C(=O)N1CCN(CC)C(=O)[C@H](Cc2cccc(-c3ccccc3)c2)C1. The van der Waals surface area contributed by atoms with Gasteiger partial charge in [-0.2, -0.15) is 0 Å². The van der Waals surface area contributed by atoms with Gasteiger partial charge in [-0.3, -0.25) is 9.59 Å². The molecule has 0 N–H and O–H groups in total. The quantitative estimate of drug-likeness (QED) is 0.573. The minimum atomic E-state index is -0.279. The molecule has 2 amide bonds. The van der Waals surface area contributed by atoms with E-state index in [9.17, 15) is 9.59 Å². The first-order valence-electron chi connectivity index (χ1n) is 11.1. The van der Waals surface area contributed by atoms with Gasteiger partial charge in [0.05, 0.1) is 11.6 Å². The van der Waals surface area contributed by atoms with Crippen LogP contribution in [0.25, 0.3) is 11.1 Å². The highest BCUT2D eigenvalue weighted by atomic mass is 32.1. The number of aryl methyl sites for hydroxylation is 1. The Morgan fingerprint density at radius 2 is 1.84 bits per heavy atom. The summed E-state index contributed by atoms with van der Waals surface area (Å²) in [7, 11) is 0. The number of carbonyl (C=O) groups excluding carboxylic acids is 2. The molecule has 1 aliphatic rings. The fourth-order valence-electron chi connectivity index (χ4n) is 4.23. The third kappa shape index (κ3) is 4.72. The van der Waals surface area contributed by atoms with Crippen LogP contribution in [-0.2, 0) is 17.6 Å². The van der Waals surface area contributed by atoms with Crippen molar-refractivity contribution < 1.29 is 9.59 Å². The molecule has 166 valence electrons. The highest BCUT2D eigenvalue weighted by molar-refractivity contribution is 7.08. The van der Waals surface area contributed by atoms with Crippen molar-refractivity contribution in [2.45, 2.75) is 26.7 Å². The lowest BCUT2D eigenvalue weighted by Crippen LogP contribution is -2.38. The summed E-state index contributed by atoms with van der Waals surface area (Å²) in [4.78, 5) is 30.8. The number of aromatic nitrogens is 2. The van der Waals surface area contributed by atoms with E-state index in [-0.39, 0.29) is 17.7 Å². The summed E-state index contributed by atoms with van der Waals surface area (Å²) in [5.74, 6) is -0.227. The molecule has 1 saturated heterocycles. The van der Waals surface area contributed by atoms with Gasteiger partial charge >= 0.3 is 0 Å². The van der Waals surface area contributed by atoms with Crippen LogP contribution in [0.4, 0.5) is 0 Å². The molecule has 4 rings (SSSR count). The van der Waals surface area contributed by atoms with Crippen molar-refractivity contribution >= 4 is 23.3 Å². The van der Waals surface area contributed by atoms with Crippen molar-refractivity contribution in [2.75, 3.05) is 26.2 Å². The van der Waals surface area contributed by atoms with Gasteiger partial charge in [-0.1, -0.05) is 66.0 Å². The van der Waals surface area contributed by atoms with E-state index < -0.39 is 0 Å². The second kappa shape index (κ2) is 10.0. The first-order chi connectivity index (χ1) is 15.6. The predicted molar refractivity (Wildman–Crippen MR) is 127 cm³/mol. The van der Waals surface area contributed by atoms with Crippen molar-refractivity contribution in [1.29, 1.82) is 0 Å². The van der Waals surface area contributed by atoms with Gasteiger partial charge in [0, 0.05) is 26.2 Å². The van der Waals surface area contributed by atoms with Crippen LogP contribution in [0, 0.1) is 5.92 Å². The van der Waals surface area contributed by atoms with Gasteiger partial charge < -0.3 is 9.80 Å². The lowest BCUT2D eigenvalue weighted by molar-refractivity contribution is -0.134. The van der Waals surface area contributed by atoms with Crippen LogP contribution in [0.2, 0.25) is 0 Å². The average Bonchev–Trinajstić information content (AvgIpc) is 3.26. The summed E-state index contributed by atoms with van der Waals surface area (Å²) in [6.45, 7) is 6.09. The summed E-state index contributed by atoms with van der Waals surface area (Å²) in [6, 6.07) is 18.6. The predicted octanol–water partition coefficient (Wildman–Crippen LogP) is 3.93. The fourth-order valence-corrected chi connectivity index (χ4v) is 4.95. The zero-order valence-electron chi connectivity index (χ0n) is 18.5. The maximum absolute atomic E-state index is 13.3. The van der Waals surface area contributed by atoms with Gasteiger partial charge in [-0.05, 0) is 48.0 Å². The highest BCUT2D eigenvalue weighted by Gasteiger charge is 2.33. The fraction of sp³-hybridized carbons (Fsp3) is 0.360. The second-order valence-corrected chi connectivity index (χ2v) is 8.79. The van der Waals surface area contributed by atoms with Crippen LogP contribution >= 0.6 is 11.5 Å². The van der Waals surface area contributed by atoms with Crippen molar-refractivity contribution in [3.8, 4) is 11.1 Å². The van der Waals surface area contributed by atoms with Crippen molar-refractivity contribution in [3.63, 3.8) is 0 Å². The molecule has 0 spiro atoms. The Labute approximate surface area is 193 Å². The molecule has 32 heavy (non-hydrogen) atoms. The maximum atomic E-state index is 13.3. The number of benzene rings is 2. The monoisotopic (exact) mass is 448 g/mol. The van der Waals surface area contributed by atoms with Crippen LogP contribution in [-0.4, -0.2) is 57.4 Å². The largest absolute Gasteiger partial charge is 0.341 e. The van der Waals surface area contributed by atoms with E-state index >= 15 is 0 Å². The molecule has 0 aliphatic carbocycles. The Hall–Kier alpha value is -3.06. The number of rotatable bonds is 6. The third-order valence-corrected chi connectivity index (χ3v) is 6.77. The van der Waals surface area contributed by atoms with E-state index in [4.69, 9.17) is 0 Å². The Morgan fingerprint density at radius 1 is 1.06 bits per heavy atom. The summed E-state index contributed by atoms with van der Waals surface area (Å²) in [5.41, 5.74) is 4.12. The topological polar surface area (TPSA) is 66.4 Å². The number of hydrogen-bond donors (Lipinski definition) is 0. The lowest BCUT2D eigenvalue weighted by Gasteiger charge is -2.23. The summed E-state index contributed by atoms with van der Waals surface area (Å²) in [5, 5.41) is 4.09. The lowest BCUT2D eigenvalue weighted by atomic mass is 9.94. The average molecular weight is 449 g/mol. The zero-order chi connectivity index (χ0) is 22.5. The number of amides is 2. The van der Waals surface area contributed by atoms with Crippen LogP contribution in [0.3, 0.4) is 0 Å². The van der Waals surface area contributed by atoms with Gasteiger partial charge in [-0.25, -0.2) is 0 Å². The Bertz CT molecular complexity index is 1080. The first kappa shape index (κ1) is 22.1. The zero-order valence-corrected chi connectivity index (χ0v) is 19.3. The highest BCUT2D eigenvalue weighted by Crippen LogP contribution is 2.24. The molecule has 1 fully saturated rings. The van der Waals surface area contributed by atoms with Crippen LogP contribution < -0.4 is 0 Å². The molecular weight excluding hydrogens is 420 g/mol. The van der Waals surface area contributed by atoms with E-state index in [1.54, 1.807) is 0 Å². The Balaban J connectivity index is 1.58. The second-order valence-electron chi connectivity index (χ2n) is 8.04. The Kier molecular flexibility index (Phi) is 6.95. The van der Waals surface area contributed by atoms with Crippen LogP contribution in [0.15, 0.2) is 54.6 Å².